The van der Waals surface area contributed by atoms with Gasteiger partial charge in [0, 0.05) is 25.8 Å². The Hall–Kier alpha value is -1.26. The van der Waals surface area contributed by atoms with Crippen molar-refractivity contribution in [1.29, 1.82) is 0 Å². The standard InChI is InChI=1S/C10H16N4O/c1-10(2)5-4-7(15)6-8(10)9-11-12-13-14(9)3/h8H,4-6H2,1-3H3. The Morgan fingerprint density at radius 1 is 1.47 bits per heavy atom. The van der Waals surface area contributed by atoms with Gasteiger partial charge in [-0.15, -0.1) is 5.10 Å². The third-order valence-corrected chi connectivity index (χ3v) is 3.39. The highest BCUT2D eigenvalue weighted by molar-refractivity contribution is 5.80. The Balaban J connectivity index is 2.33. The predicted octanol–water partition coefficient (Wildman–Crippen LogP) is 1.07. The van der Waals surface area contributed by atoms with Crippen molar-refractivity contribution < 1.29 is 4.79 Å². The normalized spacial score (nSPS) is 25.5. The van der Waals surface area contributed by atoms with Crippen molar-refractivity contribution in [2.75, 3.05) is 0 Å². The van der Waals surface area contributed by atoms with Crippen LogP contribution in [0.3, 0.4) is 0 Å². The summed E-state index contributed by atoms with van der Waals surface area (Å²) in [5, 5.41) is 11.5. The number of aromatic nitrogens is 4. The third-order valence-electron chi connectivity index (χ3n) is 3.39. The molecule has 1 aromatic heterocycles. The molecule has 1 atom stereocenters. The number of hydrogen-bond donors (Lipinski definition) is 0. The third kappa shape index (κ3) is 1.78. The molecule has 1 unspecified atom stereocenters. The molecule has 0 radical (unpaired) electrons. The molecule has 0 N–H and O–H groups in total. The minimum Gasteiger partial charge on any atom is -0.300 e. The summed E-state index contributed by atoms with van der Waals surface area (Å²) in [6.45, 7) is 4.36. The van der Waals surface area contributed by atoms with Crippen molar-refractivity contribution >= 4 is 5.78 Å². The fourth-order valence-corrected chi connectivity index (χ4v) is 2.21. The molecule has 0 amide bonds. The summed E-state index contributed by atoms with van der Waals surface area (Å²) in [6, 6.07) is 0. The highest BCUT2D eigenvalue weighted by atomic mass is 16.1. The van der Waals surface area contributed by atoms with Crippen LogP contribution >= 0.6 is 0 Å². The van der Waals surface area contributed by atoms with Crippen LogP contribution in [0.25, 0.3) is 0 Å². The van der Waals surface area contributed by atoms with Gasteiger partial charge in [0.2, 0.25) is 0 Å². The van der Waals surface area contributed by atoms with Crippen molar-refractivity contribution in [2.45, 2.75) is 39.0 Å². The minimum absolute atomic E-state index is 0.108. The van der Waals surface area contributed by atoms with E-state index in [1.165, 1.54) is 0 Å². The smallest absolute Gasteiger partial charge is 0.154 e. The molecule has 0 saturated heterocycles. The molecule has 0 spiro atoms. The number of rotatable bonds is 1. The second-order valence-corrected chi connectivity index (χ2v) is 4.94. The van der Waals surface area contributed by atoms with E-state index in [0.717, 1.165) is 12.2 Å². The maximum Gasteiger partial charge on any atom is 0.154 e. The molecule has 2 rings (SSSR count). The Labute approximate surface area is 88.9 Å². The van der Waals surface area contributed by atoms with Gasteiger partial charge in [-0.3, -0.25) is 4.79 Å². The molecule has 15 heavy (non-hydrogen) atoms. The van der Waals surface area contributed by atoms with E-state index in [1.54, 1.807) is 4.68 Å². The molecule has 82 valence electrons. The average Bonchev–Trinajstić information content (AvgIpc) is 2.56. The van der Waals surface area contributed by atoms with Gasteiger partial charge >= 0.3 is 0 Å². The van der Waals surface area contributed by atoms with E-state index in [4.69, 9.17) is 0 Å². The molecule has 1 aromatic rings. The van der Waals surface area contributed by atoms with Gasteiger partial charge in [-0.25, -0.2) is 4.68 Å². The minimum atomic E-state index is 0.108. The zero-order valence-electron chi connectivity index (χ0n) is 9.40. The van der Waals surface area contributed by atoms with Crippen LogP contribution in [0.1, 0.15) is 44.9 Å². The molecule has 0 aromatic carbocycles. The molecule has 5 nitrogen and oxygen atoms in total. The Morgan fingerprint density at radius 2 is 2.20 bits per heavy atom. The zero-order chi connectivity index (χ0) is 11.1. The molecule has 1 heterocycles. The van der Waals surface area contributed by atoms with Crippen LogP contribution in [0.5, 0.6) is 0 Å². The molecule has 0 aliphatic heterocycles. The monoisotopic (exact) mass is 208 g/mol. The molecule has 1 saturated carbocycles. The van der Waals surface area contributed by atoms with Crippen LogP contribution in [0.15, 0.2) is 0 Å². The van der Waals surface area contributed by atoms with Crippen LogP contribution in [0.2, 0.25) is 0 Å². The Kier molecular flexibility index (Phi) is 2.32. The first-order valence-electron chi connectivity index (χ1n) is 5.24. The summed E-state index contributed by atoms with van der Waals surface area (Å²) < 4.78 is 1.67. The van der Waals surface area contributed by atoms with E-state index in [2.05, 4.69) is 29.4 Å². The first kappa shape index (κ1) is 10.3. The van der Waals surface area contributed by atoms with Gasteiger partial charge in [-0.05, 0) is 22.3 Å². The van der Waals surface area contributed by atoms with Crippen molar-refractivity contribution in [1.82, 2.24) is 20.2 Å². The SMILES string of the molecule is Cn1nnnc1C1CC(=O)CCC1(C)C. The quantitative estimate of drug-likeness (QED) is 0.692. The van der Waals surface area contributed by atoms with Gasteiger partial charge in [0.1, 0.15) is 5.78 Å². The summed E-state index contributed by atoms with van der Waals surface area (Å²) in [5.41, 5.74) is 0.108. The lowest BCUT2D eigenvalue weighted by molar-refractivity contribution is -0.122. The van der Waals surface area contributed by atoms with Crippen LogP contribution in [0.4, 0.5) is 0 Å². The van der Waals surface area contributed by atoms with E-state index < -0.39 is 0 Å². The highest BCUT2D eigenvalue weighted by Gasteiger charge is 2.39. The van der Waals surface area contributed by atoms with Crippen molar-refractivity contribution in [3.05, 3.63) is 5.82 Å². The summed E-state index contributed by atoms with van der Waals surface area (Å²) in [7, 11) is 1.82. The van der Waals surface area contributed by atoms with Gasteiger partial charge < -0.3 is 0 Å². The van der Waals surface area contributed by atoms with E-state index in [9.17, 15) is 4.79 Å². The van der Waals surface area contributed by atoms with Crippen LogP contribution < -0.4 is 0 Å². The number of ketones is 1. The number of carbonyl (C=O) groups is 1. The van der Waals surface area contributed by atoms with E-state index in [-0.39, 0.29) is 11.3 Å². The molecule has 1 aliphatic carbocycles. The van der Waals surface area contributed by atoms with Crippen molar-refractivity contribution in [2.24, 2.45) is 12.5 Å². The topological polar surface area (TPSA) is 60.7 Å². The summed E-state index contributed by atoms with van der Waals surface area (Å²) >= 11 is 0. The lowest BCUT2D eigenvalue weighted by atomic mass is 9.68. The van der Waals surface area contributed by atoms with Gasteiger partial charge in [-0.1, -0.05) is 13.8 Å². The first-order chi connectivity index (χ1) is 7.00. The molecule has 5 heteroatoms. The van der Waals surface area contributed by atoms with Crippen molar-refractivity contribution in [3.8, 4) is 0 Å². The molecular weight excluding hydrogens is 192 g/mol. The fourth-order valence-electron chi connectivity index (χ4n) is 2.21. The number of aryl methyl sites for hydroxylation is 1. The maximum atomic E-state index is 11.5. The molecule has 1 aliphatic rings. The van der Waals surface area contributed by atoms with Crippen LogP contribution in [0, 0.1) is 5.41 Å². The van der Waals surface area contributed by atoms with E-state index in [0.29, 0.717) is 18.6 Å². The number of tetrazole rings is 1. The largest absolute Gasteiger partial charge is 0.300 e. The van der Waals surface area contributed by atoms with Crippen LogP contribution in [-0.2, 0) is 11.8 Å². The summed E-state index contributed by atoms with van der Waals surface area (Å²) in [5.74, 6) is 1.30. The predicted molar refractivity (Wildman–Crippen MR) is 54.2 cm³/mol. The highest BCUT2D eigenvalue weighted by Crippen LogP contribution is 2.44. The lowest BCUT2D eigenvalue weighted by Gasteiger charge is -2.36. The molecule has 1 fully saturated rings. The van der Waals surface area contributed by atoms with E-state index in [1.807, 2.05) is 7.05 Å². The second-order valence-electron chi connectivity index (χ2n) is 4.94. The first-order valence-corrected chi connectivity index (χ1v) is 5.24. The van der Waals surface area contributed by atoms with E-state index >= 15 is 0 Å². The fraction of sp³-hybridized carbons (Fsp3) is 0.800. The Bertz CT molecular complexity index is 383. The lowest BCUT2D eigenvalue weighted by Crippen LogP contribution is -2.32. The zero-order valence-corrected chi connectivity index (χ0v) is 9.40. The number of Topliss-reactive ketones (excluding diaryl/α,β-unsaturated/α-hetero) is 1. The molecular formula is C10H16N4O. The maximum absolute atomic E-state index is 11.5. The van der Waals surface area contributed by atoms with Gasteiger partial charge in [0.15, 0.2) is 5.82 Å². The van der Waals surface area contributed by atoms with Gasteiger partial charge in [0.05, 0.1) is 0 Å². The number of nitrogens with zero attached hydrogens (tertiary/aromatic N) is 4. The molecule has 0 bridgehead atoms. The Morgan fingerprint density at radius 3 is 2.80 bits per heavy atom. The summed E-state index contributed by atoms with van der Waals surface area (Å²) in [4.78, 5) is 11.5. The second kappa shape index (κ2) is 3.40. The number of carbonyl (C=O) groups excluding carboxylic acids is 1. The van der Waals surface area contributed by atoms with Crippen LogP contribution in [-0.4, -0.2) is 26.0 Å². The van der Waals surface area contributed by atoms with Gasteiger partial charge in [-0.2, -0.15) is 0 Å². The van der Waals surface area contributed by atoms with Crippen molar-refractivity contribution in [3.63, 3.8) is 0 Å². The number of hydrogen-bond acceptors (Lipinski definition) is 4. The average molecular weight is 208 g/mol. The van der Waals surface area contributed by atoms with Gasteiger partial charge in [0.25, 0.3) is 0 Å². The summed E-state index contributed by atoms with van der Waals surface area (Å²) in [6.07, 6.45) is 2.18.